The molecule has 0 bridgehead atoms. The molecule has 2 aromatic heterocycles. The zero-order valence-electron chi connectivity index (χ0n) is 14.5. The van der Waals surface area contributed by atoms with Crippen molar-refractivity contribution in [2.24, 2.45) is 0 Å². The van der Waals surface area contributed by atoms with Crippen LogP contribution in [-0.4, -0.2) is 58.7 Å². The van der Waals surface area contributed by atoms with Gasteiger partial charge in [0.1, 0.15) is 0 Å². The summed E-state index contributed by atoms with van der Waals surface area (Å²) in [5.41, 5.74) is 0.864. The number of nitrogens with zero attached hydrogens (tertiary/aromatic N) is 5. The predicted octanol–water partition coefficient (Wildman–Crippen LogP) is 1.09. The van der Waals surface area contributed by atoms with Gasteiger partial charge >= 0.3 is 0 Å². The maximum Gasteiger partial charge on any atom is 0.234 e. The van der Waals surface area contributed by atoms with Crippen molar-refractivity contribution in [1.29, 1.82) is 0 Å². The Bertz CT molecular complexity index is 666. The number of carbonyl (C=O) groups is 1. The second kappa shape index (κ2) is 8.53. The summed E-state index contributed by atoms with van der Waals surface area (Å²) in [5, 5.41) is 11.1. The van der Waals surface area contributed by atoms with Crippen molar-refractivity contribution in [3.8, 4) is 0 Å². The van der Waals surface area contributed by atoms with Crippen molar-refractivity contribution >= 4 is 11.7 Å². The second-order valence-electron chi connectivity index (χ2n) is 6.37. The lowest BCUT2D eigenvalue weighted by Gasteiger charge is -2.28. The zero-order chi connectivity index (χ0) is 17.5. The van der Waals surface area contributed by atoms with Gasteiger partial charge in [0.2, 0.25) is 5.91 Å². The molecule has 1 fully saturated rings. The molecule has 0 radical (unpaired) electrons. The number of rotatable bonds is 7. The van der Waals surface area contributed by atoms with Gasteiger partial charge in [-0.3, -0.25) is 14.7 Å². The summed E-state index contributed by atoms with van der Waals surface area (Å²) in [5.74, 6) is 0.926. The summed E-state index contributed by atoms with van der Waals surface area (Å²) >= 11 is 0. The van der Waals surface area contributed by atoms with Crippen molar-refractivity contribution in [3.63, 3.8) is 0 Å². The maximum absolute atomic E-state index is 12.1. The van der Waals surface area contributed by atoms with Gasteiger partial charge in [0.15, 0.2) is 5.82 Å². The molecule has 0 saturated carbocycles. The van der Waals surface area contributed by atoms with E-state index in [1.807, 2.05) is 37.4 Å². The van der Waals surface area contributed by atoms with Crippen LogP contribution in [0.5, 0.6) is 0 Å². The normalized spacial score (nSPS) is 17.0. The van der Waals surface area contributed by atoms with E-state index in [1.165, 1.54) is 0 Å². The first-order chi connectivity index (χ1) is 12.2. The van der Waals surface area contributed by atoms with Gasteiger partial charge in [-0.05, 0) is 44.2 Å². The molecule has 3 rings (SSSR count). The fourth-order valence-electron chi connectivity index (χ4n) is 3.19. The number of likely N-dealkylation sites (N-methyl/N-ethyl adjacent to an activating group) is 1. The summed E-state index contributed by atoms with van der Waals surface area (Å²) in [6.07, 6.45) is 5.67. The molecule has 7 heteroatoms. The van der Waals surface area contributed by atoms with Crippen LogP contribution in [0.1, 0.15) is 18.5 Å². The fourth-order valence-corrected chi connectivity index (χ4v) is 3.19. The van der Waals surface area contributed by atoms with Gasteiger partial charge in [0, 0.05) is 31.5 Å². The van der Waals surface area contributed by atoms with Crippen molar-refractivity contribution < 1.29 is 4.79 Å². The third-order valence-electron chi connectivity index (χ3n) is 4.36. The molecule has 132 valence electrons. The molecule has 1 saturated heterocycles. The van der Waals surface area contributed by atoms with Crippen LogP contribution in [0.4, 0.5) is 5.82 Å². The summed E-state index contributed by atoms with van der Waals surface area (Å²) in [6.45, 7) is 2.65. The monoisotopic (exact) mass is 340 g/mol. The minimum atomic E-state index is 0.0113. The molecule has 2 aromatic rings. The Balaban J connectivity index is 1.46. The number of aromatic nitrogens is 3. The molecule has 3 heterocycles. The van der Waals surface area contributed by atoms with E-state index in [1.54, 1.807) is 12.4 Å². The lowest BCUT2D eigenvalue weighted by Crippen LogP contribution is -2.43. The van der Waals surface area contributed by atoms with E-state index in [2.05, 4.69) is 30.3 Å². The smallest absolute Gasteiger partial charge is 0.234 e. The summed E-state index contributed by atoms with van der Waals surface area (Å²) in [4.78, 5) is 20.7. The Morgan fingerprint density at radius 2 is 2.24 bits per heavy atom. The third kappa shape index (κ3) is 4.96. The van der Waals surface area contributed by atoms with E-state index in [4.69, 9.17) is 0 Å². The first-order valence-electron chi connectivity index (χ1n) is 8.62. The van der Waals surface area contributed by atoms with E-state index in [0.29, 0.717) is 19.1 Å². The minimum absolute atomic E-state index is 0.0113. The molecule has 1 atom stereocenters. The summed E-state index contributed by atoms with van der Waals surface area (Å²) in [7, 11) is 1.98. The van der Waals surface area contributed by atoms with Gasteiger partial charge in [0.05, 0.1) is 18.8 Å². The van der Waals surface area contributed by atoms with Crippen LogP contribution in [0.3, 0.4) is 0 Å². The highest BCUT2D eigenvalue weighted by atomic mass is 16.2. The Morgan fingerprint density at radius 3 is 3.00 bits per heavy atom. The van der Waals surface area contributed by atoms with Gasteiger partial charge < -0.3 is 10.2 Å². The topological polar surface area (TPSA) is 74.2 Å². The lowest BCUT2D eigenvalue weighted by molar-refractivity contribution is -0.122. The van der Waals surface area contributed by atoms with Crippen LogP contribution in [0.2, 0.25) is 0 Å². The first kappa shape index (κ1) is 17.3. The highest BCUT2D eigenvalue weighted by molar-refractivity contribution is 5.77. The van der Waals surface area contributed by atoms with Crippen LogP contribution in [0.25, 0.3) is 0 Å². The molecule has 0 spiro atoms. The van der Waals surface area contributed by atoms with E-state index < -0.39 is 0 Å². The number of nitrogens with one attached hydrogen (secondary N) is 1. The highest BCUT2D eigenvalue weighted by Gasteiger charge is 2.27. The van der Waals surface area contributed by atoms with Gasteiger partial charge in [-0.2, -0.15) is 5.10 Å². The standard InChI is InChI=1S/C18H24N6O/c1-23(14-18(25)20-12-15-6-2-3-9-19-15)13-16-7-5-11-24(16)17-8-4-10-21-22-17/h2-4,6,8-10,16H,5,7,11-14H2,1H3,(H,20,25). The van der Waals surface area contributed by atoms with Gasteiger partial charge in [0.25, 0.3) is 0 Å². The Labute approximate surface area is 148 Å². The average molecular weight is 340 g/mol. The van der Waals surface area contributed by atoms with Crippen LogP contribution in [0.15, 0.2) is 42.7 Å². The SMILES string of the molecule is CN(CC(=O)NCc1ccccn1)CC1CCCN1c1cccnn1. The lowest BCUT2D eigenvalue weighted by atomic mass is 10.2. The number of hydrogen-bond donors (Lipinski definition) is 1. The number of amides is 1. The molecule has 0 aliphatic carbocycles. The largest absolute Gasteiger partial charge is 0.351 e. The van der Waals surface area contributed by atoms with Gasteiger partial charge in [-0.1, -0.05) is 6.07 Å². The maximum atomic E-state index is 12.1. The van der Waals surface area contributed by atoms with Crippen LogP contribution in [-0.2, 0) is 11.3 Å². The predicted molar refractivity (Wildman–Crippen MR) is 96.0 cm³/mol. The van der Waals surface area contributed by atoms with E-state index >= 15 is 0 Å². The number of anilines is 1. The quantitative estimate of drug-likeness (QED) is 0.813. The van der Waals surface area contributed by atoms with Crippen molar-refractivity contribution in [1.82, 2.24) is 25.4 Å². The van der Waals surface area contributed by atoms with Crippen molar-refractivity contribution in [2.75, 3.05) is 31.6 Å². The second-order valence-corrected chi connectivity index (χ2v) is 6.37. The minimum Gasteiger partial charge on any atom is -0.351 e. The Hall–Kier alpha value is -2.54. The molecule has 1 N–H and O–H groups in total. The zero-order valence-corrected chi connectivity index (χ0v) is 14.5. The van der Waals surface area contributed by atoms with Crippen LogP contribution < -0.4 is 10.2 Å². The number of carbonyl (C=O) groups excluding carboxylic acids is 1. The summed E-state index contributed by atoms with van der Waals surface area (Å²) < 4.78 is 0. The highest BCUT2D eigenvalue weighted by Crippen LogP contribution is 2.23. The van der Waals surface area contributed by atoms with Crippen LogP contribution >= 0.6 is 0 Å². The molecular formula is C18H24N6O. The fraction of sp³-hybridized carbons (Fsp3) is 0.444. The van der Waals surface area contributed by atoms with Gasteiger partial charge in [-0.15, -0.1) is 5.10 Å². The molecular weight excluding hydrogens is 316 g/mol. The molecule has 7 nitrogen and oxygen atoms in total. The summed E-state index contributed by atoms with van der Waals surface area (Å²) in [6, 6.07) is 9.95. The molecule has 1 unspecified atom stereocenters. The van der Waals surface area contributed by atoms with Crippen molar-refractivity contribution in [2.45, 2.75) is 25.4 Å². The van der Waals surface area contributed by atoms with Gasteiger partial charge in [-0.25, -0.2) is 0 Å². The van der Waals surface area contributed by atoms with Crippen molar-refractivity contribution in [3.05, 3.63) is 48.4 Å². The third-order valence-corrected chi connectivity index (χ3v) is 4.36. The molecule has 0 aromatic carbocycles. The molecule has 1 aliphatic rings. The molecule has 1 amide bonds. The van der Waals surface area contributed by atoms with E-state index in [0.717, 1.165) is 37.4 Å². The Kier molecular flexibility index (Phi) is 5.90. The van der Waals surface area contributed by atoms with Crippen LogP contribution in [0, 0.1) is 0 Å². The van der Waals surface area contributed by atoms with E-state index in [9.17, 15) is 4.79 Å². The molecule has 25 heavy (non-hydrogen) atoms. The number of hydrogen-bond acceptors (Lipinski definition) is 6. The van der Waals surface area contributed by atoms with E-state index in [-0.39, 0.29) is 5.91 Å². The average Bonchev–Trinajstić information content (AvgIpc) is 3.09. The molecule has 1 aliphatic heterocycles. The Morgan fingerprint density at radius 1 is 1.32 bits per heavy atom. The first-order valence-corrected chi connectivity index (χ1v) is 8.62. The number of pyridine rings is 1.